The Labute approximate surface area is 86.4 Å². The van der Waals surface area contributed by atoms with Gasteiger partial charge in [-0.05, 0) is 13.3 Å². The van der Waals surface area contributed by atoms with Crippen molar-refractivity contribution in [2.24, 2.45) is 0 Å². The molecule has 0 aliphatic rings. The first-order valence-electron chi connectivity index (χ1n) is 4.17. The third-order valence-electron chi connectivity index (χ3n) is 1.65. The second kappa shape index (κ2) is 4.83. The summed E-state index contributed by atoms with van der Waals surface area (Å²) >= 11 is 3.11. The minimum absolute atomic E-state index is 0.229. The molecule has 0 aliphatic heterocycles. The van der Waals surface area contributed by atoms with Gasteiger partial charge in [0, 0.05) is 5.75 Å². The maximum absolute atomic E-state index is 9.35. The Kier molecular flexibility index (Phi) is 4.02. The first-order chi connectivity index (χ1) is 6.13. The van der Waals surface area contributed by atoms with Gasteiger partial charge in [0.2, 0.25) is 0 Å². The second-order valence-electron chi connectivity index (χ2n) is 2.80. The van der Waals surface area contributed by atoms with Crippen LogP contribution in [0.15, 0.2) is 4.21 Å². The van der Waals surface area contributed by atoms with Crippen molar-refractivity contribution in [3.05, 3.63) is 5.69 Å². The van der Waals surface area contributed by atoms with Crippen molar-refractivity contribution >= 4 is 28.2 Å². The number of aryl methyl sites for hydroxylation is 1. The van der Waals surface area contributed by atoms with E-state index >= 15 is 0 Å². The maximum atomic E-state index is 9.35. The number of rotatable bonds is 4. The van der Waals surface area contributed by atoms with E-state index in [9.17, 15) is 5.11 Å². The van der Waals surface area contributed by atoms with Gasteiger partial charge in [-0.25, -0.2) is 4.98 Å². The molecule has 0 radical (unpaired) electrons. The molecule has 1 aromatic rings. The standard InChI is InChI=1S/C8H14N2OS2/c1-3-6(11)4-12-7-5(2)10-8(9)13-7/h6,11H,3-4H2,1-2H3,(H2,9,10). The summed E-state index contributed by atoms with van der Waals surface area (Å²) in [5.74, 6) is 0.721. The highest BCUT2D eigenvalue weighted by molar-refractivity contribution is 8.01. The molecule has 0 saturated heterocycles. The lowest BCUT2D eigenvalue weighted by atomic mass is 10.3. The lowest BCUT2D eigenvalue weighted by molar-refractivity contribution is 0.195. The van der Waals surface area contributed by atoms with Crippen LogP contribution < -0.4 is 5.73 Å². The molecule has 3 N–H and O–H groups in total. The van der Waals surface area contributed by atoms with Crippen LogP contribution >= 0.6 is 23.1 Å². The average molecular weight is 218 g/mol. The summed E-state index contributed by atoms with van der Waals surface area (Å²) in [6.07, 6.45) is 0.563. The molecule has 0 saturated carbocycles. The minimum Gasteiger partial charge on any atom is -0.392 e. The predicted molar refractivity (Wildman–Crippen MR) is 58.3 cm³/mol. The molecule has 5 heteroatoms. The number of aromatic nitrogens is 1. The summed E-state index contributed by atoms with van der Waals surface area (Å²) in [4.78, 5) is 4.11. The van der Waals surface area contributed by atoms with Crippen molar-refractivity contribution in [3.8, 4) is 0 Å². The van der Waals surface area contributed by atoms with Crippen molar-refractivity contribution in [2.45, 2.75) is 30.6 Å². The quantitative estimate of drug-likeness (QED) is 0.758. The summed E-state index contributed by atoms with van der Waals surface area (Å²) in [6, 6.07) is 0. The zero-order chi connectivity index (χ0) is 9.84. The maximum Gasteiger partial charge on any atom is 0.181 e. The molecule has 3 nitrogen and oxygen atoms in total. The highest BCUT2D eigenvalue weighted by atomic mass is 32.2. The molecule has 1 unspecified atom stereocenters. The summed E-state index contributed by atoms with van der Waals surface area (Å²) in [5, 5.41) is 9.95. The molecule has 1 atom stereocenters. The summed E-state index contributed by atoms with van der Waals surface area (Å²) in [5.41, 5.74) is 6.52. The van der Waals surface area contributed by atoms with Crippen LogP contribution in [0.4, 0.5) is 5.13 Å². The van der Waals surface area contributed by atoms with Crippen LogP contribution in [0, 0.1) is 6.92 Å². The summed E-state index contributed by atoms with van der Waals surface area (Å²) in [6.45, 7) is 3.91. The van der Waals surface area contributed by atoms with E-state index < -0.39 is 0 Å². The van der Waals surface area contributed by atoms with Crippen LogP contribution in [0.1, 0.15) is 19.0 Å². The van der Waals surface area contributed by atoms with Crippen LogP contribution in [-0.2, 0) is 0 Å². The number of aliphatic hydroxyl groups excluding tert-OH is 1. The van der Waals surface area contributed by atoms with Crippen molar-refractivity contribution in [3.63, 3.8) is 0 Å². The van der Waals surface area contributed by atoms with E-state index in [4.69, 9.17) is 5.73 Å². The van der Waals surface area contributed by atoms with Gasteiger partial charge in [0.1, 0.15) is 0 Å². The highest BCUT2D eigenvalue weighted by Gasteiger charge is 2.08. The molecule has 0 aromatic carbocycles. The lowest BCUT2D eigenvalue weighted by Gasteiger charge is -2.04. The second-order valence-corrected chi connectivity index (χ2v) is 5.12. The highest BCUT2D eigenvalue weighted by Crippen LogP contribution is 2.30. The van der Waals surface area contributed by atoms with Crippen LogP contribution in [0.2, 0.25) is 0 Å². The fourth-order valence-corrected chi connectivity index (χ4v) is 2.92. The Morgan fingerprint density at radius 2 is 2.38 bits per heavy atom. The van der Waals surface area contributed by atoms with E-state index in [-0.39, 0.29) is 6.10 Å². The van der Waals surface area contributed by atoms with Gasteiger partial charge in [0.15, 0.2) is 5.13 Å². The molecule has 0 spiro atoms. The first kappa shape index (κ1) is 10.8. The van der Waals surface area contributed by atoms with E-state index in [1.54, 1.807) is 11.8 Å². The first-order valence-corrected chi connectivity index (χ1v) is 5.97. The number of thiazole rings is 1. The van der Waals surface area contributed by atoms with E-state index in [1.807, 2.05) is 13.8 Å². The lowest BCUT2D eigenvalue weighted by Crippen LogP contribution is -2.06. The van der Waals surface area contributed by atoms with Crippen molar-refractivity contribution in [2.75, 3.05) is 11.5 Å². The monoisotopic (exact) mass is 218 g/mol. The molecule has 0 amide bonds. The van der Waals surface area contributed by atoms with E-state index in [0.29, 0.717) is 5.13 Å². The largest absolute Gasteiger partial charge is 0.392 e. The normalized spacial score (nSPS) is 13.2. The van der Waals surface area contributed by atoms with Gasteiger partial charge in [-0.2, -0.15) is 0 Å². The smallest absolute Gasteiger partial charge is 0.181 e. The van der Waals surface area contributed by atoms with Gasteiger partial charge < -0.3 is 10.8 Å². The van der Waals surface area contributed by atoms with Crippen molar-refractivity contribution < 1.29 is 5.11 Å². The zero-order valence-electron chi connectivity index (χ0n) is 7.78. The number of nitrogens with zero attached hydrogens (tertiary/aromatic N) is 1. The zero-order valence-corrected chi connectivity index (χ0v) is 9.41. The third kappa shape index (κ3) is 3.17. The average Bonchev–Trinajstić information content (AvgIpc) is 2.41. The predicted octanol–water partition coefficient (Wildman–Crippen LogP) is 1.90. The SMILES string of the molecule is CCC(O)CSc1sc(N)nc1C. The molecular formula is C8H14N2OS2. The van der Waals surface area contributed by atoms with Gasteiger partial charge in [-0.3, -0.25) is 0 Å². The molecule has 0 fully saturated rings. The fraction of sp³-hybridized carbons (Fsp3) is 0.625. The number of thioether (sulfide) groups is 1. The molecule has 13 heavy (non-hydrogen) atoms. The number of hydrogen-bond donors (Lipinski definition) is 2. The van der Waals surface area contributed by atoms with Gasteiger partial charge in [-0.1, -0.05) is 18.3 Å². The van der Waals surface area contributed by atoms with Crippen LogP contribution in [0.5, 0.6) is 0 Å². The van der Waals surface area contributed by atoms with Gasteiger partial charge in [0.25, 0.3) is 0 Å². The summed E-state index contributed by atoms with van der Waals surface area (Å²) in [7, 11) is 0. The van der Waals surface area contributed by atoms with Crippen molar-refractivity contribution in [1.82, 2.24) is 4.98 Å². The minimum atomic E-state index is -0.229. The van der Waals surface area contributed by atoms with E-state index in [1.165, 1.54) is 11.3 Å². The van der Waals surface area contributed by atoms with Gasteiger partial charge in [-0.15, -0.1) is 11.8 Å². The van der Waals surface area contributed by atoms with Crippen LogP contribution in [0.3, 0.4) is 0 Å². The van der Waals surface area contributed by atoms with Crippen LogP contribution in [0.25, 0.3) is 0 Å². The number of nitrogen functional groups attached to an aromatic ring is 1. The van der Waals surface area contributed by atoms with Gasteiger partial charge >= 0.3 is 0 Å². The Morgan fingerprint density at radius 1 is 1.69 bits per heavy atom. The Bertz CT molecular complexity index is 275. The van der Waals surface area contributed by atoms with E-state index in [0.717, 1.165) is 22.1 Å². The Morgan fingerprint density at radius 3 is 2.85 bits per heavy atom. The van der Waals surface area contributed by atoms with Crippen LogP contribution in [-0.4, -0.2) is 21.9 Å². The van der Waals surface area contributed by atoms with Gasteiger partial charge in [0.05, 0.1) is 16.0 Å². The van der Waals surface area contributed by atoms with Crippen molar-refractivity contribution in [1.29, 1.82) is 0 Å². The number of anilines is 1. The topological polar surface area (TPSA) is 59.1 Å². The molecule has 74 valence electrons. The molecular weight excluding hydrogens is 204 g/mol. The molecule has 1 heterocycles. The number of hydrogen-bond acceptors (Lipinski definition) is 5. The molecule has 1 aromatic heterocycles. The number of aliphatic hydroxyl groups is 1. The molecule has 0 aliphatic carbocycles. The fourth-order valence-electron chi connectivity index (χ4n) is 0.826. The third-order valence-corrected chi connectivity index (χ3v) is 4.14. The summed E-state index contributed by atoms with van der Waals surface area (Å²) < 4.78 is 1.12. The number of nitrogens with two attached hydrogens (primary N) is 1. The molecule has 0 bridgehead atoms. The molecule has 1 rings (SSSR count). The Balaban J connectivity index is 2.49. The van der Waals surface area contributed by atoms with E-state index in [2.05, 4.69) is 4.98 Å². The Hall–Kier alpha value is -0.260.